The first-order valence-corrected chi connectivity index (χ1v) is 5.75. The summed E-state index contributed by atoms with van der Waals surface area (Å²) < 4.78 is 0. The third-order valence-corrected chi connectivity index (χ3v) is 3.32. The van der Waals surface area contributed by atoms with Gasteiger partial charge in [-0.2, -0.15) is 0 Å². The molecular weight excluding hydrogens is 168 g/mol. The molecule has 0 aromatic heterocycles. The van der Waals surface area contributed by atoms with E-state index in [1.165, 1.54) is 5.57 Å². The molecule has 1 rings (SSSR count). The van der Waals surface area contributed by atoms with Gasteiger partial charge in [-0.15, -0.1) is 0 Å². The molecule has 0 heteroatoms. The standard InChI is InChI=1S/C14H24/c1-10(2)12-7-8-14(5,6)13(9-12)11(3)4/h7-11,13H,1-6H3. The van der Waals surface area contributed by atoms with Crippen molar-refractivity contribution >= 4 is 0 Å². The van der Waals surface area contributed by atoms with E-state index in [9.17, 15) is 0 Å². The topological polar surface area (TPSA) is 0 Å². The van der Waals surface area contributed by atoms with Gasteiger partial charge in [0.1, 0.15) is 0 Å². The average molecular weight is 192 g/mol. The second-order valence-corrected chi connectivity index (χ2v) is 5.75. The zero-order valence-electron chi connectivity index (χ0n) is 10.5. The highest BCUT2D eigenvalue weighted by atomic mass is 14.3. The molecule has 1 aliphatic carbocycles. The molecule has 0 aromatic rings. The lowest BCUT2D eigenvalue weighted by Gasteiger charge is -2.36. The molecule has 1 unspecified atom stereocenters. The minimum Gasteiger partial charge on any atom is -0.0780 e. The van der Waals surface area contributed by atoms with Crippen LogP contribution in [0.2, 0.25) is 0 Å². The van der Waals surface area contributed by atoms with Gasteiger partial charge in [0.05, 0.1) is 0 Å². The van der Waals surface area contributed by atoms with Crippen molar-refractivity contribution in [3.8, 4) is 0 Å². The number of rotatable bonds is 2. The van der Waals surface area contributed by atoms with Crippen molar-refractivity contribution in [2.45, 2.75) is 41.5 Å². The Morgan fingerprint density at radius 2 is 1.71 bits per heavy atom. The Labute approximate surface area is 89.1 Å². The van der Waals surface area contributed by atoms with Gasteiger partial charge >= 0.3 is 0 Å². The Hall–Kier alpha value is -0.520. The predicted molar refractivity (Wildman–Crippen MR) is 64.2 cm³/mol. The highest BCUT2D eigenvalue weighted by molar-refractivity contribution is 5.29. The second-order valence-electron chi connectivity index (χ2n) is 5.75. The van der Waals surface area contributed by atoms with Crippen LogP contribution < -0.4 is 0 Å². The lowest BCUT2D eigenvalue weighted by atomic mass is 9.68. The third-order valence-electron chi connectivity index (χ3n) is 3.32. The van der Waals surface area contributed by atoms with Gasteiger partial charge in [0.15, 0.2) is 0 Å². The van der Waals surface area contributed by atoms with Crippen LogP contribution in [0.3, 0.4) is 0 Å². The molecule has 14 heavy (non-hydrogen) atoms. The first kappa shape index (κ1) is 11.6. The van der Waals surface area contributed by atoms with Gasteiger partial charge in [-0.25, -0.2) is 0 Å². The summed E-state index contributed by atoms with van der Waals surface area (Å²) in [5.41, 5.74) is 1.83. The second kappa shape index (κ2) is 3.92. The molecule has 0 saturated carbocycles. The van der Waals surface area contributed by atoms with E-state index >= 15 is 0 Å². The van der Waals surface area contributed by atoms with Crippen molar-refractivity contribution in [1.82, 2.24) is 0 Å². The van der Waals surface area contributed by atoms with E-state index in [0.29, 0.717) is 17.3 Å². The van der Waals surface area contributed by atoms with Gasteiger partial charge in [-0.05, 0) is 28.7 Å². The van der Waals surface area contributed by atoms with Gasteiger partial charge in [0.25, 0.3) is 0 Å². The minimum atomic E-state index is 0.326. The molecule has 1 aliphatic rings. The first-order chi connectivity index (χ1) is 6.34. The summed E-state index contributed by atoms with van der Waals surface area (Å²) in [6.45, 7) is 13.8. The van der Waals surface area contributed by atoms with E-state index in [1.807, 2.05) is 0 Å². The summed E-state index contributed by atoms with van der Waals surface area (Å²) in [6, 6.07) is 0. The maximum absolute atomic E-state index is 2.48. The zero-order chi connectivity index (χ0) is 10.9. The fourth-order valence-corrected chi connectivity index (χ4v) is 2.34. The summed E-state index contributed by atoms with van der Waals surface area (Å²) in [4.78, 5) is 0. The minimum absolute atomic E-state index is 0.326. The normalized spacial score (nSPS) is 25.7. The Kier molecular flexibility index (Phi) is 3.24. The van der Waals surface area contributed by atoms with Gasteiger partial charge in [0, 0.05) is 0 Å². The van der Waals surface area contributed by atoms with Crippen molar-refractivity contribution in [3.63, 3.8) is 0 Å². The maximum atomic E-state index is 2.48. The van der Waals surface area contributed by atoms with Crippen LogP contribution >= 0.6 is 0 Å². The number of hydrogen-bond donors (Lipinski definition) is 0. The highest BCUT2D eigenvalue weighted by Crippen LogP contribution is 2.40. The molecule has 0 spiro atoms. The molecule has 0 amide bonds. The lowest BCUT2D eigenvalue weighted by Crippen LogP contribution is -2.27. The molecule has 0 nitrogen and oxygen atoms in total. The molecule has 0 aromatic carbocycles. The molecular formula is C14H24. The van der Waals surface area contributed by atoms with Crippen LogP contribution in [0.5, 0.6) is 0 Å². The molecule has 0 N–H and O–H groups in total. The molecule has 0 fully saturated rings. The van der Waals surface area contributed by atoms with Crippen LogP contribution in [-0.2, 0) is 0 Å². The summed E-state index contributed by atoms with van der Waals surface area (Å²) in [5.74, 6) is 2.07. The fourth-order valence-electron chi connectivity index (χ4n) is 2.34. The van der Waals surface area contributed by atoms with Gasteiger partial charge in [-0.3, -0.25) is 0 Å². The van der Waals surface area contributed by atoms with Crippen molar-refractivity contribution in [2.75, 3.05) is 0 Å². The highest BCUT2D eigenvalue weighted by Gasteiger charge is 2.30. The van der Waals surface area contributed by atoms with Crippen molar-refractivity contribution < 1.29 is 0 Å². The average Bonchev–Trinajstić information content (AvgIpc) is 2.02. The summed E-state index contributed by atoms with van der Waals surface area (Å²) >= 11 is 0. The van der Waals surface area contributed by atoms with Crippen LogP contribution in [0, 0.1) is 23.2 Å². The van der Waals surface area contributed by atoms with E-state index < -0.39 is 0 Å². The Morgan fingerprint density at radius 1 is 1.14 bits per heavy atom. The Morgan fingerprint density at radius 3 is 2.14 bits per heavy atom. The van der Waals surface area contributed by atoms with E-state index in [1.54, 1.807) is 0 Å². The van der Waals surface area contributed by atoms with Crippen molar-refractivity contribution in [3.05, 3.63) is 23.8 Å². The first-order valence-electron chi connectivity index (χ1n) is 5.75. The molecule has 80 valence electrons. The van der Waals surface area contributed by atoms with E-state index in [0.717, 1.165) is 5.92 Å². The van der Waals surface area contributed by atoms with E-state index in [4.69, 9.17) is 0 Å². The van der Waals surface area contributed by atoms with Crippen molar-refractivity contribution in [1.29, 1.82) is 0 Å². The van der Waals surface area contributed by atoms with Gasteiger partial charge < -0.3 is 0 Å². The van der Waals surface area contributed by atoms with E-state index in [2.05, 4.69) is 59.8 Å². The predicted octanol–water partition coefficient (Wildman–Crippen LogP) is 4.44. The molecule has 0 radical (unpaired) electrons. The Bertz CT molecular complexity index is 251. The summed E-state index contributed by atoms with van der Waals surface area (Å²) in [5, 5.41) is 0. The lowest BCUT2D eigenvalue weighted by molar-refractivity contribution is 0.261. The summed E-state index contributed by atoms with van der Waals surface area (Å²) in [6.07, 6.45) is 7.17. The van der Waals surface area contributed by atoms with Crippen molar-refractivity contribution in [2.24, 2.45) is 23.2 Å². The SMILES string of the molecule is CC(C)C1=CC(C(C)C)C(C)(C)C=C1. The number of allylic oxidation sites excluding steroid dienone is 4. The smallest absolute Gasteiger partial charge is 0.0106 e. The molecule has 0 bridgehead atoms. The molecule has 0 aliphatic heterocycles. The van der Waals surface area contributed by atoms with Gasteiger partial charge in [-0.1, -0.05) is 59.8 Å². The fraction of sp³-hybridized carbons (Fsp3) is 0.714. The Balaban J connectivity index is 2.95. The van der Waals surface area contributed by atoms with Crippen LogP contribution in [0.25, 0.3) is 0 Å². The third kappa shape index (κ3) is 2.29. The van der Waals surface area contributed by atoms with Gasteiger partial charge in [0.2, 0.25) is 0 Å². The monoisotopic (exact) mass is 192 g/mol. The summed E-state index contributed by atoms with van der Waals surface area (Å²) in [7, 11) is 0. The zero-order valence-corrected chi connectivity index (χ0v) is 10.5. The molecule has 0 saturated heterocycles. The van der Waals surface area contributed by atoms with Crippen LogP contribution in [0.15, 0.2) is 23.8 Å². The van der Waals surface area contributed by atoms with Crippen LogP contribution in [0.1, 0.15) is 41.5 Å². The van der Waals surface area contributed by atoms with Crippen LogP contribution in [0.4, 0.5) is 0 Å². The quantitative estimate of drug-likeness (QED) is 0.607. The molecule has 0 heterocycles. The molecule has 1 atom stereocenters. The van der Waals surface area contributed by atoms with E-state index in [-0.39, 0.29) is 0 Å². The van der Waals surface area contributed by atoms with Crippen LogP contribution in [-0.4, -0.2) is 0 Å². The largest absolute Gasteiger partial charge is 0.0780 e. The maximum Gasteiger partial charge on any atom is -0.0106 e. The number of hydrogen-bond acceptors (Lipinski definition) is 0.